The summed E-state index contributed by atoms with van der Waals surface area (Å²) in [6, 6.07) is 6.19. The van der Waals surface area contributed by atoms with Crippen LogP contribution in [-0.2, 0) is 4.79 Å². The molecule has 0 aromatic heterocycles. The lowest BCUT2D eigenvalue weighted by Gasteiger charge is -2.47. The van der Waals surface area contributed by atoms with Gasteiger partial charge in [-0.3, -0.25) is 4.79 Å². The SMILES string of the molecule is CC(=O)N1CC=C2C(C#N)=C(N)C(C#N)(C#N)[C@@H](C(C)C)[C@@H]2C1. The second-order valence-electron chi connectivity index (χ2n) is 6.39. The van der Waals surface area contributed by atoms with Crippen LogP contribution in [0.15, 0.2) is 22.9 Å². The molecule has 0 saturated carbocycles. The number of fused-ring (bicyclic) bond motifs is 1. The number of nitriles is 3. The first-order chi connectivity index (χ1) is 10.8. The summed E-state index contributed by atoms with van der Waals surface area (Å²) >= 11 is 0. The first-order valence-corrected chi connectivity index (χ1v) is 7.52. The zero-order valence-corrected chi connectivity index (χ0v) is 13.5. The van der Waals surface area contributed by atoms with E-state index in [4.69, 9.17) is 5.73 Å². The second-order valence-corrected chi connectivity index (χ2v) is 6.39. The molecule has 1 heterocycles. The van der Waals surface area contributed by atoms with Crippen LogP contribution in [0, 0.1) is 57.2 Å². The molecule has 2 atom stereocenters. The van der Waals surface area contributed by atoms with E-state index in [-0.39, 0.29) is 34.9 Å². The number of amides is 1. The lowest BCUT2D eigenvalue weighted by molar-refractivity contribution is -0.129. The summed E-state index contributed by atoms with van der Waals surface area (Å²) in [6.45, 7) is 6.17. The molecule has 23 heavy (non-hydrogen) atoms. The van der Waals surface area contributed by atoms with Crippen LogP contribution >= 0.6 is 0 Å². The highest BCUT2D eigenvalue weighted by molar-refractivity contribution is 5.74. The molecule has 6 heteroatoms. The largest absolute Gasteiger partial charge is 0.399 e. The Morgan fingerprint density at radius 3 is 2.43 bits per heavy atom. The van der Waals surface area contributed by atoms with Gasteiger partial charge >= 0.3 is 0 Å². The molecule has 6 nitrogen and oxygen atoms in total. The normalized spacial score (nSPS) is 25.8. The molecule has 1 aliphatic carbocycles. The Kier molecular flexibility index (Phi) is 4.17. The summed E-state index contributed by atoms with van der Waals surface area (Å²) in [5.74, 6) is -0.686. The zero-order chi connectivity index (χ0) is 17.4. The van der Waals surface area contributed by atoms with Gasteiger partial charge in [-0.05, 0) is 11.5 Å². The van der Waals surface area contributed by atoms with Crippen LogP contribution < -0.4 is 5.73 Å². The minimum Gasteiger partial charge on any atom is -0.399 e. The third-order valence-corrected chi connectivity index (χ3v) is 4.89. The van der Waals surface area contributed by atoms with Crippen LogP contribution in [0.4, 0.5) is 0 Å². The van der Waals surface area contributed by atoms with Gasteiger partial charge in [0.2, 0.25) is 5.91 Å². The maximum Gasteiger partial charge on any atom is 0.219 e. The molecular weight excluding hydrogens is 290 g/mol. The number of nitrogens with zero attached hydrogens (tertiary/aromatic N) is 4. The Balaban J connectivity index is 2.74. The fraction of sp³-hybridized carbons (Fsp3) is 0.529. The number of carbonyl (C=O) groups is 1. The Labute approximate surface area is 136 Å². The maximum atomic E-state index is 11.7. The molecule has 0 aromatic carbocycles. The molecular formula is C17H19N5O. The summed E-state index contributed by atoms with van der Waals surface area (Å²) < 4.78 is 0. The van der Waals surface area contributed by atoms with Gasteiger partial charge in [-0.2, -0.15) is 15.8 Å². The summed E-state index contributed by atoms with van der Waals surface area (Å²) in [7, 11) is 0. The molecule has 118 valence electrons. The summed E-state index contributed by atoms with van der Waals surface area (Å²) in [6.07, 6.45) is 1.83. The average Bonchev–Trinajstić information content (AvgIpc) is 2.53. The molecule has 2 aliphatic rings. The predicted octanol–water partition coefficient (Wildman–Crippen LogP) is 1.45. The van der Waals surface area contributed by atoms with Crippen molar-refractivity contribution in [3.05, 3.63) is 22.9 Å². The fourth-order valence-corrected chi connectivity index (χ4v) is 3.84. The Hall–Kier alpha value is -2.78. The Morgan fingerprint density at radius 2 is 2.00 bits per heavy atom. The Morgan fingerprint density at radius 1 is 1.39 bits per heavy atom. The second kappa shape index (κ2) is 5.78. The van der Waals surface area contributed by atoms with Gasteiger partial charge in [-0.15, -0.1) is 0 Å². The summed E-state index contributed by atoms with van der Waals surface area (Å²) in [5, 5.41) is 28.9. The van der Waals surface area contributed by atoms with E-state index in [0.717, 1.165) is 5.57 Å². The van der Waals surface area contributed by atoms with Crippen LogP contribution in [0.3, 0.4) is 0 Å². The van der Waals surface area contributed by atoms with Crippen molar-refractivity contribution in [1.29, 1.82) is 15.8 Å². The zero-order valence-electron chi connectivity index (χ0n) is 13.5. The van der Waals surface area contributed by atoms with E-state index in [0.29, 0.717) is 13.1 Å². The first-order valence-electron chi connectivity index (χ1n) is 7.52. The quantitative estimate of drug-likeness (QED) is 0.786. The lowest BCUT2D eigenvalue weighted by atomic mass is 9.57. The Bertz CT molecular complexity index is 712. The smallest absolute Gasteiger partial charge is 0.219 e. The number of hydrogen-bond donors (Lipinski definition) is 1. The molecule has 2 N–H and O–H groups in total. The van der Waals surface area contributed by atoms with Crippen LogP contribution in [-0.4, -0.2) is 23.9 Å². The molecule has 1 amide bonds. The standard InChI is InChI=1S/C17H19N5O/c1-10(2)15-14-7-22(11(3)23)5-4-12(14)13(6-18)16(21)17(15,8-19)9-20/h4,10,14-15H,5,7,21H2,1-3H3/t14-,15+/m1/s1. The summed E-state index contributed by atoms with van der Waals surface area (Å²) in [4.78, 5) is 13.4. The fourth-order valence-electron chi connectivity index (χ4n) is 3.84. The van der Waals surface area contributed by atoms with Gasteiger partial charge < -0.3 is 10.6 Å². The molecule has 0 fully saturated rings. The maximum absolute atomic E-state index is 11.7. The molecule has 0 aromatic rings. The van der Waals surface area contributed by atoms with Gasteiger partial charge in [0, 0.05) is 31.8 Å². The first kappa shape index (κ1) is 16.6. The highest BCUT2D eigenvalue weighted by Gasteiger charge is 2.54. The molecule has 0 unspecified atom stereocenters. The van der Waals surface area contributed by atoms with Gasteiger partial charge in [-0.1, -0.05) is 19.9 Å². The highest BCUT2D eigenvalue weighted by atomic mass is 16.2. The third-order valence-electron chi connectivity index (χ3n) is 4.89. The van der Waals surface area contributed by atoms with Crippen molar-refractivity contribution in [2.24, 2.45) is 28.9 Å². The average molecular weight is 309 g/mol. The van der Waals surface area contributed by atoms with Crippen LogP contribution in [0.25, 0.3) is 0 Å². The van der Waals surface area contributed by atoms with Gasteiger partial charge in [0.15, 0.2) is 5.41 Å². The molecule has 0 radical (unpaired) electrons. The topological polar surface area (TPSA) is 118 Å². The van der Waals surface area contributed by atoms with Crippen molar-refractivity contribution in [2.75, 3.05) is 13.1 Å². The van der Waals surface area contributed by atoms with Gasteiger partial charge in [0.1, 0.15) is 6.07 Å². The van der Waals surface area contributed by atoms with E-state index in [1.807, 2.05) is 19.9 Å². The van der Waals surface area contributed by atoms with Crippen LogP contribution in [0.5, 0.6) is 0 Å². The van der Waals surface area contributed by atoms with Crippen molar-refractivity contribution >= 4 is 5.91 Å². The van der Waals surface area contributed by atoms with E-state index < -0.39 is 5.41 Å². The lowest BCUT2D eigenvalue weighted by Crippen LogP contribution is -2.51. The predicted molar refractivity (Wildman–Crippen MR) is 82.6 cm³/mol. The minimum absolute atomic E-state index is 0.00611. The number of nitrogens with two attached hydrogens (primary N) is 1. The number of allylic oxidation sites excluding steroid dienone is 2. The number of rotatable bonds is 1. The third kappa shape index (κ3) is 2.26. The van der Waals surface area contributed by atoms with E-state index in [9.17, 15) is 20.6 Å². The van der Waals surface area contributed by atoms with E-state index in [1.54, 1.807) is 4.90 Å². The molecule has 0 bridgehead atoms. The van der Waals surface area contributed by atoms with Crippen molar-refractivity contribution < 1.29 is 4.79 Å². The van der Waals surface area contributed by atoms with Crippen LogP contribution in [0.1, 0.15) is 20.8 Å². The minimum atomic E-state index is -1.54. The summed E-state index contributed by atoms with van der Waals surface area (Å²) in [5.41, 5.74) is 5.60. The molecule has 0 spiro atoms. The van der Waals surface area contributed by atoms with Crippen molar-refractivity contribution in [2.45, 2.75) is 20.8 Å². The molecule has 2 rings (SSSR count). The van der Waals surface area contributed by atoms with Crippen molar-refractivity contribution in [1.82, 2.24) is 4.90 Å². The van der Waals surface area contributed by atoms with E-state index in [2.05, 4.69) is 18.2 Å². The highest BCUT2D eigenvalue weighted by Crippen LogP contribution is 2.51. The van der Waals surface area contributed by atoms with Crippen molar-refractivity contribution in [3.63, 3.8) is 0 Å². The van der Waals surface area contributed by atoms with Gasteiger partial charge in [-0.25, -0.2) is 0 Å². The monoisotopic (exact) mass is 309 g/mol. The van der Waals surface area contributed by atoms with Gasteiger partial charge in [0.25, 0.3) is 0 Å². The van der Waals surface area contributed by atoms with Crippen molar-refractivity contribution in [3.8, 4) is 18.2 Å². The molecule has 0 saturated heterocycles. The number of hydrogen-bond acceptors (Lipinski definition) is 5. The van der Waals surface area contributed by atoms with Crippen LogP contribution in [0.2, 0.25) is 0 Å². The van der Waals surface area contributed by atoms with E-state index in [1.165, 1.54) is 6.92 Å². The molecule has 1 aliphatic heterocycles. The number of carbonyl (C=O) groups excluding carboxylic acids is 1. The van der Waals surface area contributed by atoms with E-state index >= 15 is 0 Å². The van der Waals surface area contributed by atoms with Gasteiger partial charge in [0.05, 0.1) is 23.4 Å².